The number of aliphatic carboxylic acids is 1. The monoisotopic (exact) mass is 710 g/mol. The van der Waals surface area contributed by atoms with Gasteiger partial charge in [-0.05, 0) is 106 Å². The molecule has 286 valence electrons. The molecule has 1 fully saturated rings. The summed E-state index contributed by atoms with van der Waals surface area (Å²) in [7, 11) is 1.51. The standard InChI is InChI=1S/C18H27NO3.C14H22N2O.C9H17NO2/c1-14(2)8-6-4-5-7-9-18(21)19-13-15-10-11-16(20)17(12-15)22-3;1-5-16(6-2)10-13(17)15-14-11(3)8-7-9-12(14)4;10-7-9(6-8(11)12)4-2-1-3-5-9/h6,8,10-12,14,20H,4-5,7,9,13H2,1-3H3,(H,19,21);7-9H,5-6,10H2,1-4H3,(H,15,17);1-7,10H2,(H,11,12)/b8-6+;;. The van der Waals surface area contributed by atoms with Crippen molar-refractivity contribution in [2.24, 2.45) is 17.1 Å². The van der Waals surface area contributed by atoms with Crippen LogP contribution in [0.3, 0.4) is 0 Å². The molecule has 2 amide bonds. The molecule has 0 aromatic heterocycles. The smallest absolute Gasteiger partial charge is 0.303 e. The van der Waals surface area contributed by atoms with Gasteiger partial charge in [-0.2, -0.15) is 0 Å². The summed E-state index contributed by atoms with van der Waals surface area (Å²) in [5, 5.41) is 24.1. The van der Waals surface area contributed by atoms with E-state index in [0.717, 1.165) is 80.4 Å². The third-order valence-electron chi connectivity index (χ3n) is 9.16. The summed E-state index contributed by atoms with van der Waals surface area (Å²) in [5.74, 6) is 0.523. The van der Waals surface area contributed by atoms with Crippen LogP contribution in [0.5, 0.6) is 11.5 Å². The van der Waals surface area contributed by atoms with E-state index < -0.39 is 5.97 Å². The Morgan fingerprint density at radius 1 is 1.00 bits per heavy atom. The number of nitrogens with two attached hydrogens (primary N) is 1. The third kappa shape index (κ3) is 18.8. The number of para-hydroxylation sites is 1. The van der Waals surface area contributed by atoms with Gasteiger partial charge < -0.3 is 31.3 Å². The SMILES string of the molecule is CCN(CC)CC(=O)Nc1c(C)cccc1C.COc1cc(CNC(=O)CCCC/C=C/C(C)C)ccc1O.NCC1(CC(=O)O)CCCCC1. The highest BCUT2D eigenvalue weighted by Gasteiger charge is 2.32. The molecule has 10 nitrogen and oxygen atoms in total. The highest BCUT2D eigenvalue weighted by molar-refractivity contribution is 5.93. The number of phenols is 1. The normalized spacial score (nSPS) is 13.5. The minimum absolute atomic E-state index is 0.0554. The maximum atomic E-state index is 11.9. The number of carboxylic acids is 1. The lowest BCUT2D eigenvalue weighted by molar-refractivity contribution is -0.140. The predicted molar refractivity (Wildman–Crippen MR) is 208 cm³/mol. The summed E-state index contributed by atoms with van der Waals surface area (Å²) < 4.78 is 5.04. The van der Waals surface area contributed by atoms with Gasteiger partial charge in [0.25, 0.3) is 0 Å². The first kappa shape index (κ1) is 45.1. The molecule has 0 saturated heterocycles. The topological polar surface area (TPSA) is 154 Å². The number of carboxylic acid groups (broad SMARTS) is 1. The molecular weight excluding hydrogens is 644 g/mol. The largest absolute Gasteiger partial charge is 0.504 e. The van der Waals surface area contributed by atoms with Crippen LogP contribution >= 0.6 is 0 Å². The number of carbonyl (C=O) groups is 3. The average Bonchev–Trinajstić information content (AvgIpc) is 3.10. The molecule has 0 unspecified atom stereocenters. The number of anilines is 1. The number of allylic oxidation sites excluding steroid dienone is 2. The molecule has 1 aliphatic rings. The maximum Gasteiger partial charge on any atom is 0.303 e. The van der Waals surface area contributed by atoms with E-state index in [4.69, 9.17) is 15.6 Å². The van der Waals surface area contributed by atoms with Crippen molar-refractivity contribution < 1.29 is 29.3 Å². The Kier molecular flexibility index (Phi) is 22.2. The van der Waals surface area contributed by atoms with Gasteiger partial charge in [-0.25, -0.2) is 0 Å². The second-order valence-electron chi connectivity index (χ2n) is 13.8. The van der Waals surface area contributed by atoms with Gasteiger partial charge in [-0.3, -0.25) is 19.3 Å². The van der Waals surface area contributed by atoms with Gasteiger partial charge in [0.1, 0.15) is 0 Å². The summed E-state index contributed by atoms with van der Waals surface area (Å²) in [6.45, 7) is 15.7. The number of hydrogen-bond acceptors (Lipinski definition) is 7. The second kappa shape index (κ2) is 25.1. The number of aromatic hydroxyl groups is 1. The number of benzene rings is 2. The van der Waals surface area contributed by atoms with Crippen LogP contribution in [-0.2, 0) is 20.9 Å². The van der Waals surface area contributed by atoms with Crippen LogP contribution < -0.4 is 21.1 Å². The highest BCUT2D eigenvalue weighted by atomic mass is 16.5. The first-order valence-electron chi connectivity index (χ1n) is 18.6. The number of rotatable bonds is 17. The summed E-state index contributed by atoms with van der Waals surface area (Å²) >= 11 is 0. The molecule has 10 heteroatoms. The average molecular weight is 711 g/mol. The summed E-state index contributed by atoms with van der Waals surface area (Å²) in [6.07, 6.45) is 13.6. The number of likely N-dealkylation sites (N-methyl/N-ethyl adjacent to an activating group) is 1. The molecule has 0 atom stereocenters. The number of nitrogens with one attached hydrogen (secondary N) is 2. The molecule has 51 heavy (non-hydrogen) atoms. The zero-order valence-electron chi connectivity index (χ0n) is 32.4. The van der Waals surface area contributed by atoms with Gasteiger partial charge in [0, 0.05) is 18.7 Å². The fraction of sp³-hybridized carbons (Fsp3) is 0.585. The lowest BCUT2D eigenvalue weighted by atomic mass is 9.72. The van der Waals surface area contributed by atoms with Crippen molar-refractivity contribution in [3.63, 3.8) is 0 Å². The number of phenolic OH excluding ortho intramolecular Hbond substituents is 1. The zero-order chi connectivity index (χ0) is 38.2. The van der Waals surface area contributed by atoms with Crippen LogP contribution in [0.15, 0.2) is 48.6 Å². The molecule has 0 aliphatic heterocycles. The minimum Gasteiger partial charge on any atom is -0.504 e. The molecule has 1 saturated carbocycles. The molecule has 2 aromatic rings. The van der Waals surface area contributed by atoms with Crippen molar-refractivity contribution >= 4 is 23.5 Å². The van der Waals surface area contributed by atoms with Gasteiger partial charge in [0.15, 0.2) is 11.5 Å². The Morgan fingerprint density at radius 2 is 1.65 bits per heavy atom. The number of aryl methyl sites for hydroxylation is 2. The van der Waals surface area contributed by atoms with Gasteiger partial charge in [0.2, 0.25) is 11.8 Å². The van der Waals surface area contributed by atoms with Crippen LogP contribution in [0, 0.1) is 25.2 Å². The van der Waals surface area contributed by atoms with Gasteiger partial charge in [-0.15, -0.1) is 0 Å². The van der Waals surface area contributed by atoms with Crippen LogP contribution in [0.25, 0.3) is 0 Å². The molecule has 0 heterocycles. The van der Waals surface area contributed by atoms with E-state index in [1.54, 1.807) is 18.2 Å². The Labute approximate surface area is 307 Å². The van der Waals surface area contributed by atoms with E-state index >= 15 is 0 Å². The second-order valence-corrected chi connectivity index (χ2v) is 13.8. The fourth-order valence-corrected chi connectivity index (χ4v) is 5.95. The first-order valence-corrected chi connectivity index (χ1v) is 18.6. The van der Waals surface area contributed by atoms with Gasteiger partial charge >= 0.3 is 5.97 Å². The lowest BCUT2D eigenvalue weighted by Gasteiger charge is -2.34. The Bertz CT molecular complexity index is 1330. The van der Waals surface area contributed by atoms with E-state index in [-0.39, 0.29) is 29.4 Å². The fourth-order valence-electron chi connectivity index (χ4n) is 5.95. The van der Waals surface area contributed by atoms with Crippen molar-refractivity contribution in [1.29, 1.82) is 0 Å². The molecular formula is C41H66N4O6. The Balaban J connectivity index is 0.000000399. The van der Waals surface area contributed by atoms with E-state index in [1.807, 2.05) is 32.0 Å². The molecule has 1 aliphatic carbocycles. The number of methoxy groups -OCH3 is 1. The number of ether oxygens (including phenoxy) is 1. The number of nitrogens with zero attached hydrogens (tertiary/aromatic N) is 1. The van der Waals surface area contributed by atoms with Crippen molar-refractivity contribution in [3.8, 4) is 11.5 Å². The van der Waals surface area contributed by atoms with Crippen LogP contribution in [-0.4, -0.2) is 66.2 Å². The van der Waals surface area contributed by atoms with E-state index in [9.17, 15) is 19.5 Å². The molecule has 0 spiro atoms. The van der Waals surface area contributed by atoms with Crippen LogP contribution in [0.2, 0.25) is 0 Å². The minimum atomic E-state index is -0.706. The molecule has 0 bridgehead atoms. The van der Waals surface area contributed by atoms with Crippen LogP contribution in [0.1, 0.15) is 109 Å². The lowest BCUT2D eigenvalue weighted by Crippen LogP contribution is -2.34. The summed E-state index contributed by atoms with van der Waals surface area (Å²) in [4.78, 5) is 36.3. The highest BCUT2D eigenvalue weighted by Crippen LogP contribution is 2.38. The summed E-state index contributed by atoms with van der Waals surface area (Å²) in [5.41, 5.74) is 9.62. The predicted octanol–water partition coefficient (Wildman–Crippen LogP) is 7.74. The number of hydrogen-bond donors (Lipinski definition) is 5. The molecule has 3 rings (SSSR count). The van der Waals surface area contributed by atoms with E-state index in [2.05, 4.69) is 55.4 Å². The van der Waals surface area contributed by atoms with Crippen LogP contribution in [0.4, 0.5) is 5.69 Å². The molecule has 6 N–H and O–H groups in total. The number of amides is 2. The zero-order valence-corrected chi connectivity index (χ0v) is 32.4. The number of carbonyl (C=O) groups excluding carboxylic acids is 2. The maximum absolute atomic E-state index is 11.9. The molecule has 2 aromatic carbocycles. The van der Waals surface area contributed by atoms with E-state index in [0.29, 0.717) is 37.7 Å². The molecule has 0 radical (unpaired) electrons. The van der Waals surface area contributed by atoms with E-state index in [1.165, 1.54) is 13.5 Å². The first-order chi connectivity index (χ1) is 24.3. The van der Waals surface area contributed by atoms with Crippen molar-refractivity contribution in [3.05, 3.63) is 65.2 Å². The number of unbranched alkanes of at least 4 members (excludes halogenated alkanes) is 2. The third-order valence-corrected chi connectivity index (χ3v) is 9.16. The van der Waals surface area contributed by atoms with Crippen molar-refractivity contribution in [2.75, 3.05) is 38.6 Å². The quantitative estimate of drug-likeness (QED) is 0.0825. The van der Waals surface area contributed by atoms with Gasteiger partial charge in [-0.1, -0.05) is 83.4 Å². The Hall–Kier alpha value is -3.89. The summed E-state index contributed by atoms with van der Waals surface area (Å²) in [6, 6.07) is 11.1. The van der Waals surface area contributed by atoms with Crippen molar-refractivity contribution in [1.82, 2.24) is 10.2 Å². The van der Waals surface area contributed by atoms with Gasteiger partial charge in [0.05, 0.1) is 20.1 Å². The van der Waals surface area contributed by atoms with Crippen molar-refractivity contribution in [2.45, 2.75) is 112 Å². The Morgan fingerprint density at radius 3 is 2.20 bits per heavy atom.